The number of sulfonamides is 1. The molecule has 0 atom stereocenters. The molecule has 0 bridgehead atoms. The van der Waals surface area contributed by atoms with Gasteiger partial charge in [0.15, 0.2) is 17.3 Å². The van der Waals surface area contributed by atoms with Gasteiger partial charge in [-0.3, -0.25) is 0 Å². The zero-order chi connectivity index (χ0) is 18.4. The van der Waals surface area contributed by atoms with E-state index in [1.54, 1.807) is 6.07 Å². The maximum atomic E-state index is 12.3. The van der Waals surface area contributed by atoms with E-state index in [9.17, 15) is 8.42 Å². The molecular weight excluding hydrogens is 346 g/mol. The van der Waals surface area contributed by atoms with Crippen LogP contribution in [-0.2, 0) is 16.4 Å². The fourth-order valence-electron chi connectivity index (χ4n) is 2.12. The minimum Gasteiger partial charge on any atom is -0.493 e. The molecule has 1 heterocycles. The third-order valence-electron chi connectivity index (χ3n) is 3.53. The van der Waals surface area contributed by atoms with Crippen molar-refractivity contribution < 1.29 is 22.4 Å². The van der Waals surface area contributed by atoms with Crippen LogP contribution in [0.2, 0.25) is 0 Å². The molecular formula is C16H23N3O5S. The molecule has 0 spiro atoms. The zero-order valence-corrected chi connectivity index (χ0v) is 15.6. The fourth-order valence-corrected chi connectivity index (χ4v) is 3.21. The minimum atomic E-state index is -3.63. The second-order valence-electron chi connectivity index (χ2n) is 5.72. The molecule has 1 aromatic heterocycles. The lowest BCUT2D eigenvalue weighted by atomic mass is 10.2. The summed E-state index contributed by atoms with van der Waals surface area (Å²) >= 11 is 0. The Labute approximate surface area is 147 Å². The van der Waals surface area contributed by atoms with Crippen molar-refractivity contribution in [3.63, 3.8) is 0 Å². The van der Waals surface area contributed by atoms with Crippen molar-refractivity contribution >= 4 is 10.0 Å². The van der Waals surface area contributed by atoms with Crippen LogP contribution in [0.3, 0.4) is 0 Å². The first-order chi connectivity index (χ1) is 11.9. The average molecular weight is 369 g/mol. The largest absolute Gasteiger partial charge is 0.493 e. The van der Waals surface area contributed by atoms with E-state index in [4.69, 9.17) is 14.0 Å². The first-order valence-electron chi connectivity index (χ1n) is 7.91. The van der Waals surface area contributed by atoms with Gasteiger partial charge >= 0.3 is 0 Å². The minimum absolute atomic E-state index is 0.116. The molecule has 2 aromatic rings. The van der Waals surface area contributed by atoms with Gasteiger partial charge in [0.1, 0.15) is 0 Å². The number of hydrogen-bond acceptors (Lipinski definition) is 7. The number of ether oxygens (including phenoxy) is 2. The van der Waals surface area contributed by atoms with Crippen LogP contribution in [-0.4, -0.2) is 39.3 Å². The molecule has 0 saturated carbocycles. The summed E-state index contributed by atoms with van der Waals surface area (Å²) in [7, 11) is -0.684. The summed E-state index contributed by atoms with van der Waals surface area (Å²) in [5.74, 6) is 2.19. The summed E-state index contributed by atoms with van der Waals surface area (Å²) in [5, 5.41) is 3.88. The van der Waals surface area contributed by atoms with E-state index in [2.05, 4.69) is 14.9 Å². The number of methoxy groups -OCH3 is 2. The van der Waals surface area contributed by atoms with Gasteiger partial charge in [0.05, 0.1) is 19.1 Å². The van der Waals surface area contributed by atoms with Crippen molar-refractivity contribution in [1.29, 1.82) is 0 Å². The molecule has 25 heavy (non-hydrogen) atoms. The van der Waals surface area contributed by atoms with Crippen molar-refractivity contribution in [2.24, 2.45) is 0 Å². The highest BCUT2D eigenvalue weighted by Gasteiger charge is 2.17. The maximum absolute atomic E-state index is 12.3. The molecule has 0 unspecified atom stereocenters. The standard InChI is InChI=1S/C16H23N3O5S/c1-11(2)16-18-15(24-19-16)6-5-9-17-25(20,21)12-7-8-13(22-3)14(10-12)23-4/h7-8,10-11,17H,5-6,9H2,1-4H3. The Morgan fingerprint density at radius 3 is 2.52 bits per heavy atom. The van der Waals surface area contributed by atoms with Crippen molar-refractivity contribution in [3.05, 3.63) is 29.9 Å². The van der Waals surface area contributed by atoms with E-state index in [1.807, 2.05) is 13.8 Å². The van der Waals surface area contributed by atoms with E-state index in [0.717, 1.165) is 0 Å². The van der Waals surface area contributed by atoms with Crippen LogP contribution in [0.4, 0.5) is 0 Å². The molecule has 9 heteroatoms. The van der Waals surface area contributed by atoms with Gasteiger partial charge in [-0.05, 0) is 18.6 Å². The monoisotopic (exact) mass is 369 g/mol. The van der Waals surface area contributed by atoms with Crippen LogP contribution in [0.1, 0.15) is 37.9 Å². The molecule has 138 valence electrons. The van der Waals surface area contributed by atoms with E-state index in [0.29, 0.717) is 36.1 Å². The van der Waals surface area contributed by atoms with E-state index >= 15 is 0 Å². The van der Waals surface area contributed by atoms with Gasteiger partial charge in [-0.25, -0.2) is 13.1 Å². The summed E-state index contributed by atoms with van der Waals surface area (Å²) in [4.78, 5) is 4.37. The lowest BCUT2D eigenvalue weighted by molar-refractivity contribution is 0.354. The Hall–Kier alpha value is -2.13. The van der Waals surface area contributed by atoms with Crippen molar-refractivity contribution in [3.8, 4) is 11.5 Å². The van der Waals surface area contributed by atoms with E-state index < -0.39 is 10.0 Å². The number of nitrogens with zero attached hydrogens (tertiary/aromatic N) is 2. The molecule has 0 aliphatic heterocycles. The van der Waals surface area contributed by atoms with Crippen molar-refractivity contribution in [2.45, 2.75) is 37.5 Å². The molecule has 0 fully saturated rings. The second kappa shape index (κ2) is 8.30. The quantitative estimate of drug-likeness (QED) is 0.675. The normalized spacial score (nSPS) is 11.7. The number of nitrogens with one attached hydrogen (secondary N) is 1. The third-order valence-corrected chi connectivity index (χ3v) is 4.98. The average Bonchev–Trinajstić information content (AvgIpc) is 3.07. The molecule has 0 aliphatic carbocycles. The molecule has 2 rings (SSSR count). The van der Waals surface area contributed by atoms with Crippen LogP contribution in [0.5, 0.6) is 11.5 Å². The van der Waals surface area contributed by atoms with Crippen LogP contribution in [0.15, 0.2) is 27.6 Å². The fraction of sp³-hybridized carbons (Fsp3) is 0.500. The first-order valence-corrected chi connectivity index (χ1v) is 9.40. The number of benzene rings is 1. The molecule has 0 amide bonds. The van der Waals surface area contributed by atoms with Gasteiger partial charge < -0.3 is 14.0 Å². The highest BCUT2D eigenvalue weighted by molar-refractivity contribution is 7.89. The van der Waals surface area contributed by atoms with E-state index in [-0.39, 0.29) is 17.4 Å². The summed E-state index contributed by atoms with van der Waals surface area (Å²) in [6, 6.07) is 4.45. The molecule has 0 aliphatic rings. The SMILES string of the molecule is COc1ccc(S(=O)(=O)NCCCc2nc(C(C)C)no2)cc1OC. The van der Waals surface area contributed by atoms with Crippen LogP contribution >= 0.6 is 0 Å². The highest BCUT2D eigenvalue weighted by atomic mass is 32.2. The Kier molecular flexibility index (Phi) is 6.38. The Balaban J connectivity index is 1.92. The highest BCUT2D eigenvalue weighted by Crippen LogP contribution is 2.29. The van der Waals surface area contributed by atoms with Gasteiger partial charge in [0.25, 0.3) is 0 Å². The Bertz CT molecular complexity index is 802. The Morgan fingerprint density at radius 2 is 1.92 bits per heavy atom. The summed E-state index contributed by atoms with van der Waals surface area (Å²) < 4.78 is 42.6. The number of hydrogen-bond donors (Lipinski definition) is 1. The molecule has 0 saturated heterocycles. The molecule has 1 N–H and O–H groups in total. The number of rotatable bonds is 9. The predicted molar refractivity (Wildman–Crippen MR) is 91.4 cm³/mol. The molecule has 0 radical (unpaired) electrons. The van der Waals surface area contributed by atoms with Gasteiger partial charge in [0, 0.05) is 24.9 Å². The summed E-state index contributed by atoms with van der Waals surface area (Å²) in [6.07, 6.45) is 1.06. The zero-order valence-electron chi connectivity index (χ0n) is 14.8. The third kappa shape index (κ3) is 4.93. The second-order valence-corrected chi connectivity index (χ2v) is 7.49. The van der Waals surface area contributed by atoms with Crippen LogP contribution in [0, 0.1) is 0 Å². The first kappa shape index (κ1) is 19.2. The molecule has 8 nitrogen and oxygen atoms in total. The van der Waals surface area contributed by atoms with Gasteiger partial charge in [-0.2, -0.15) is 4.98 Å². The van der Waals surface area contributed by atoms with Crippen LogP contribution in [0.25, 0.3) is 0 Å². The van der Waals surface area contributed by atoms with Crippen LogP contribution < -0.4 is 14.2 Å². The van der Waals surface area contributed by atoms with E-state index in [1.165, 1.54) is 26.4 Å². The van der Waals surface area contributed by atoms with Crippen molar-refractivity contribution in [2.75, 3.05) is 20.8 Å². The lowest BCUT2D eigenvalue weighted by Crippen LogP contribution is -2.25. The van der Waals surface area contributed by atoms with Gasteiger partial charge in [-0.15, -0.1) is 0 Å². The predicted octanol–water partition coefficient (Wildman–Crippen LogP) is 2.12. The lowest BCUT2D eigenvalue weighted by Gasteiger charge is -2.10. The number of aromatic nitrogens is 2. The van der Waals surface area contributed by atoms with Gasteiger partial charge in [0.2, 0.25) is 15.9 Å². The summed E-state index contributed by atoms with van der Waals surface area (Å²) in [6.45, 7) is 4.22. The van der Waals surface area contributed by atoms with Crippen molar-refractivity contribution in [1.82, 2.24) is 14.9 Å². The number of aryl methyl sites for hydroxylation is 1. The Morgan fingerprint density at radius 1 is 1.20 bits per heavy atom. The van der Waals surface area contributed by atoms with Gasteiger partial charge in [-0.1, -0.05) is 19.0 Å². The summed E-state index contributed by atoms with van der Waals surface area (Å²) in [5.41, 5.74) is 0. The molecule has 1 aromatic carbocycles. The maximum Gasteiger partial charge on any atom is 0.240 e. The smallest absolute Gasteiger partial charge is 0.240 e. The topological polar surface area (TPSA) is 104 Å².